The van der Waals surface area contributed by atoms with Gasteiger partial charge in [-0.25, -0.2) is 4.90 Å². The quantitative estimate of drug-likeness (QED) is 0.462. The second-order valence-corrected chi connectivity index (χ2v) is 6.35. The molecule has 0 unspecified atom stereocenters. The first-order valence-corrected chi connectivity index (χ1v) is 7.85. The van der Waals surface area contributed by atoms with E-state index in [4.69, 9.17) is 14.7 Å². The van der Waals surface area contributed by atoms with Crippen molar-refractivity contribution in [2.75, 3.05) is 11.5 Å². The van der Waals surface area contributed by atoms with Crippen molar-refractivity contribution >= 4 is 23.5 Å². The number of anilines is 1. The lowest BCUT2D eigenvalue weighted by Crippen LogP contribution is -2.44. The van der Waals surface area contributed by atoms with Crippen LogP contribution in [0.4, 0.5) is 5.69 Å². The molecule has 3 heterocycles. The fourth-order valence-corrected chi connectivity index (χ4v) is 3.82. The van der Waals surface area contributed by atoms with Crippen LogP contribution >= 0.6 is 0 Å². The third kappa shape index (κ3) is 2.11. The van der Waals surface area contributed by atoms with E-state index in [1.165, 1.54) is 6.92 Å². The molecule has 7 heteroatoms. The minimum Gasteiger partial charge on any atom is -0.462 e. The number of carbonyl (C=O) groups is 3. The Morgan fingerprint density at radius 3 is 2.68 bits per heavy atom. The molecule has 0 spiro atoms. The molecule has 1 aromatic rings. The van der Waals surface area contributed by atoms with Crippen LogP contribution in [0.25, 0.3) is 0 Å². The zero-order valence-corrected chi connectivity index (χ0v) is 13.3. The number of ether oxygens (including phenoxy) is 2. The molecule has 2 saturated heterocycles. The number of esters is 1. The summed E-state index contributed by atoms with van der Waals surface area (Å²) in [5.41, 5.74) is -0.223. The molecule has 0 aliphatic carbocycles. The average Bonchev–Trinajstić information content (AvgIpc) is 3.24. The molecule has 4 rings (SSSR count). The smallest absolute Gasteiger partial charge is 0.302 e. The van der Waals surface area contributed by atoms with Crippen LogP contribution in [0.2, 0.25) is 0 Å². The first-order chi connectivity index (χ1) is 12.0. The molecule has 2 fully saturated rings. The Labute approximate surface area is 143 Å². The van der Waals surface area contributed by atoms with Crippen LogP contribution in [0.3, 0.4) is 0 Å². The Hall–Kier alpha value is -2.98. The molecule has 0 radical (unpaired) electrons. The molecule has 4 atom stereocenters. The van der Waals surface area contributed by atoms with Gasteiger partial charge in [-0.1, -0.05) is 6.08 Å². The van der Waals surface area contributed by atoms with Crippen molar-refractivity contribution in [1.82, 2.24) is 0 Å². The summed E-state index contributed by atoms with van der Waals surface area (Å²) in [6, 6.07) is 8.26. The van der Waals surface area contributed by atoms with Crippen molar-refractivity contribution in [2.45, 2.75) is 18.6 Å². The Morgan fingerprint density at radius 1 is 1.32 bits per heavy atom. The molecule has 3 aliphatic heterocycles. The first kappa shape index (κ1) is 15.5. The van der Waals surface area contributed by atoms with Gasteiger partial charge in [0, 0.05) is 6.92 Å². The number of benzene rings is 1. The summed E-state index contributed by atoms with van der Waals surface area (Å²) >= 11 is 0. The van der Waals surface area contributed by atoms with Gasteiger partial charge in [0.15, 0.2) is 0 Å². The molecular formula is C18H14N2O5. The first-order valence-electron chi connectivity index (χ1n) is 7.85. The van der Waals surface area contributed by atoms with E-state index < -0.39 is 29.5 Å². The third-order valence-electron chi connectivity index (χ3n) is 4.91. The number of fused-ring (bicyclic) bond motifs is 5. The van der Waals surface area contributed by atoms with Gasteiger partial charge in [0.1, 0.15) is 12.2 Å². The number of rotatable bonds is 3. The summed E-state index contributed by atoms with van der Waals surface area (Å²) in [5, 5.41) is 8.88. The Morgan fingerprint density at radius 2 is 2.04 bits per heavy atom. The van der Waals surface area contributed by atoms with E-state index in [1.54, 1.807) is 36.4 Å². The second kappa shape index (κ2) is 5.26. The highest BCUT2D eigenvalue weighted by molar-refractivity contribution is 6.23. The highest BCUT2D eigenvalue weighted by Crippen LogP contribution is 2.52. The second-order valence-electron chi connectivity index (χ2n) is 6.35. The lowest BCUT2D eigenvalue weighted by molar-refractivity contribution is -0.150. The highest BCUT2D eigenvalue weighted by atomic mass is 16.6. The Balaban J connectivity index is 1.68. The van der Waals surface area contributed by atoms with Gasteiger partial charge in [-0.3, -0.25) is 14.4 Å². The van der Waals surface area contributed by atoms with E-state index in [9.17, 15) is 14.4 Å². The van der Waals surface area contributed by atoms with Crippen molar-refractivity contribution in [3.05, 3.63) is 42.0 Å². The number of amides is 2. The van der Waals surface area contributed by atoms with Crippen LogP contribution < -0.4 is 4.90 Å². The molecule has 1 aromatic carbocycles. The van der Waals surface area contributed by atoms with Crippen molar-refractivity contribution in [2.24, 2.45) is 11.8 Å². The SMILES string of the molecule is CC(=O)OC[C@@]12C=C[C@@H](O1)[C@@H]1C(=O)N(c3ccc(C#N)cc3)C(=O)[C@H]12. The van der Waals surface area contributed by atoms with E-state index >= 15 is 0 Å². The van der Waals surface area contributed by atoms with Crippen molar-refractivity contribution in [3.63, 3.8) is 0 Å². The predicted molar refractivity (Wildman–Crippen MR) is 84.0 cm³/mol. The predicted octanol–water partition coefficient (Wildman–Crippen LogP) is 0.934. The molecule has 0 saturated carbocycles. The standard InChI is InChI=1S/C18H14N2O5/c1-10(21)24-9-18-7-6-13(25-18)14-15(18)17(23)20(16(14)22)12-4-2-11(8-19)3-5-12/h2-7,13-15H,9H2,1H3/t13-,14+,15+,18-/m1/s1. The molecule has 0 N–H and O–H groups in total. The van der Waals surface area contributed by atoms with E-state index in [0.29, 0.717) is 11.3 Å². The zero-order valence-electron chi connectivity index (χ0n) is 13.3. The summed E-state index contributed by atoms with van der Waals surface area (Å²) in [6.07, 6.45) is 2.97. The number of nitrogens with zero attached hydrogens (tertiary/aromatic N) is 2. The molecule has 7 nitrogen and oxygen atoms in total. The lowest BCUT2D eigenvalue weighted by atomic mass is 9.77. The summed E-state index contributed by atoms with van der Waals surface area (Å²) in [4.78, 5) is 38.1. The van der Waals surface area contributed by atoms with Crippen LogP contribution in [0, 0.1) is 23.2 Å². The molecule has 126 valence electrons. The average molecular weight is 338 g/mol. The monoisotopic (exact) mass is 338 g/mol. The fourth-order valence-electron chi connectivity index (χ4n) is 3.82. The van der Waals surface area contributed by atoms with E-state index in [1.807, 2.05) is 6.07 Å². The summed E-state index contributed by atoms with van der Waals surface area (Å²) in [7, 11) is 0. The largest absolute Gasteiger partial charge is 0.462 e. The van der Waals surface area contributed by atoms with Crippen LogP contribution in [0.1, 0.15) is 12.5 Å². The van der Waals surface area contributed by atoms with Crippen LogP contribution in [-0.4, -0.2) is 36.1 Å². The molecule has 25 heavy (non-hydrogen) atoms. The maximum Gasteiger partial charge on any atom is 0.302 e. The van der Waals surface area contributed by atoms with Gasteiger partial charge >= 0.3 is 5.97 Å². The van der Waals surface area contributed by atoms with Gasteiger partial charge in [-0.05, 0) is 30.3 Å². The third-order valence-corrected chi connectivity index (χ3v) is 4.91. The van der Waals surface area contributed by atoms with E-state index in [-0.39, 0.29) is 18.4 Å². The van der Waals surface area contributed by atoms with Gasteiger partial charge in [-0.2, -0.15) is 5.26 Å². The summed E-state index contributed by atoms with van der Waals surface area (Å²) in [5.74, 6) is -2.52. The molecule has 3 aliphatic rings. The minimum atomic E-state index is -1.09. The van der Waals surface area contributed by atoms with Gasteiger partial charge in [0.25, 0.3) is 0 Å². The van der Waals surface area contributed by atoms with Crippen LogP contribution in [0.5, 0.6) is 0 Å². The van der Waals surface area contributed by atoms with Gasteiger partial charge in [-0.15, -0.1) is 0 Å². The van der Waals surface area contributed by atoms with Crippen molar-refractivity contribution in [1.29, 1.82) is 5.26 Å². The maximum absolute atomic E-state index is 13.0. The zero-order chi connectivity index (χ0) is 17.8. The van der Waals surface area contributed by atoms with E-state index in [0.717, 1.165) is 4.90 Å². The molecule has 2 bridgehead atoms. The van der Waals surface area contributed by atoms with Gasteiger partial charge < -0.3 is 9.47 Å². The number of carbonyl (C=O) groups excluding carboxylic acids is 3. The summed E-state index contributed by atoms with van der Waals surface area (Å²) < 4.78 is 10.9. The Kier molecular flexibility index (Phi) is 3.27. The van der Waals surface area contributed by atoms with Crippen LogP contribution in [0.15, 0.2) is 36.4 Å². The topological polar surface area (TPSA) is 96.7 Å². The van der Waals surface area contributed by atoms with Crippen molar-refractivity contribution in [3.8, 4) is 6.07 Å². The van der Waals surface area contributed by atoms with Gasteiger partial charge in [0.2, 0.25) is 11.8 Å². The molecular weight excluding hydrogens is 324 g/mol. The van der Waals surface area contributed by atoms with Crippen LogP contribution in [-0.2, 0) is 23.9 Å². The summed E-state index contributed by atoms with van der Waals surface area (Å²) in [6.45, 7) is 1.18. The number of hydrogen-bond acceptors (Lipinski definition) is 6. The lowest BCUT2D eigenvalue weighted by Gasteiger charge is -2.28. The minimum absolute atomic E-state index is 0.100. The molecule has 0 aromatic heterocycles. The fraction of sp³-hybridized carbons (Fsp3) is 0.333. The van der Waals surface area contributed by atoms with Gasteiger partial charge in [0.05, 0.1) is 35.3 Å². The molecule has 2 amide bonds. The van der Waals surface area contributed by atoms with Crippen molar-refractivity contribution < 1.29 is 23.9 Å². The number of nitriles is 1. The highest BCUT2D eigenvalue weighted by Gasteiger charge is 2.68. The number of hydrogen-bond donors (Lipinski definition) is 0. The number of imide groups is 1. The normalized spacial score (nSPS) is 32.0. The van der Waals surface area contributed by atoms with E-state index in [2.05, 4.69) is 0 Å². The maximum atomic E-state index is 13.0. The Bertz CT molecular complexity index is 853.